The lowest BCUT2D eigenvalue weighted by molar-refractivity contribution is -0.154. The standard InChI is InChI=1S/C18H21F3N2O3S/c1-10-11-7-8-12(18(19,20)21)23-16(11)27-14(10)15(25)22-9-5-6-13(24)26-17(2,3)4/h7-8H,5-6,9H2,1-4H3,(H,22,25). The van der Waals surface area contributed by atoms with Gasteiger partial charge in [-0.25, -0.2) is 4.98 Å². The van der Waals surface area contributed by atoms with Crippen LogP contribution in [0.25, 0.3) is 10.2 Å². The first-order chi connectivity index (χ1) is 12.4. The van der Waals surface area contributed by atoms with Gasteiger partial charge in [0, 0.05) is 18.4 Å². The number of amides is 1. The van der Waals surface area contributed by atoms with E-state index in [2.05, 4.69) is 10.3 Å². The molecule has 0 saturated heterocycles. The summed E-state index contributed by atoms with van der Waals surface area (Å²) in [6, 6.07) is 2.24. The Morgan fingerprint density at radius 2 is 1.89 bits per heavy atom. The molecule has 0 aliphatic rings. The van der Waals surface area contributed by atoms with Crippen molar-refractivity contribution in [3.05, 3.63) is 28.3 Å². The Balaban J connectivity index is 1.99. The van der Waals surface area contributed by atoms with Gasteiger partial charge in [0.05, 0.1) is 4.88 Å². The molecule has 0 atom stereocenters. The Morgan fingerprint density at radius 1 is 1.22 bits per heavy atom. The molecule has 0 spiro atoms. The van der Waals surface area contributed by atoms with Crippen LogP contribution in [0.4, 0.5) is 13.2 Å². The number of hydrogen-bond donors (Lipinski definition) is 1. The summed E-state index contributed by atoms with van der Waals surface area (Å²) in [4.78, 5) is 28.0. The van der Waals surface area contributed by atoms with Crippen molar-refractivity contribution in [2.24, 2.45) is 0 Å². The number of fused-ring (bicyclic) bond motifs is 1. The number of thiophene rings is 1. The molecule has 5 nitrogen and oxygen atoms in total. The highest BCUT2D eigenvalue weighted by atomic mass is 32.1. The first kappa shape index (κ1) is 21.1. The zero-order valence-electron chi connectivity index (χ0n) is 15.5. The van der Waals surface area contributed by atoms with Crippen LogP contribution in [0.3, 0.4) is 0 Å². The van der Waals surface area contributed by atoms with E-state index in [0.717, 1.165) is 17.4 Å². The van der Waals surface area contributed by atoms with Gasteiger partial charge in [-0.3, -0.25) is 9.59 Å². The molecule has 0 aromatic carbocycles. The highest BCUT2D eigenvalue weighted by molar-refractivity contribution is 7.20. The van der Waals surface area contributed by atoms with Crippen LogP contribution in [0, 0.1) is 6.92 Å². The van der Waals surface area contributed by atoms with Crippen LogP contribution in [0.1, 0.15) is 54.5 Å². The Labute approximate surface area is 158 Å². The molecule has 0 fully saturated rings. The van der Waals surface area contributed by atoms with Gasteiger partial charge in [0.2, 0.25) is 0 Å². The first-order valence-corrected chi connectivity index (χ1v) is 9.17. The average molecular weight is 402 g/mol. The quantitative estimate of drug-likeness (QED) is 0.592. The largest absolute Gasteiger partial charge is 0.460 e. The number of aryl methyl sites for hydroxylation is 1. The number of nitrogens with zero attached hydrogens (tertiary/aromatic N) is 1. The summed E-state index contributed by atoms with van der Waals surface area (Å²) in [5.74, 6) is -0.744. The molecule has 9 heteroatoms. The molecule has 0 aliphatic heterocycles. The molecule has 0 bridgehead atoms. The molecule has 1 N–H and O–H groups in total. The number of alkyl halides is 3. The summed E-state index contributed by atoms with van der Waals surface area (Å²) in [6.07, 6.45) is -3.96. The smallest absolute Gasteiger partial charge is 0.433 e. The van der Waals surface area contributed by atoms with Crippen LogP contribution in [-0.2, 0) is 15.7 Å². The van der Waals surface area contributed by atoms with Crippen molar-refractivity contribution < 1.29 is 27.5 Å². The van der Waals surface area contributed by atoms with Crippen LogP contribution in [-0.4, -0.2) is 29.0 Å². The van der Waals surface area contributed by atoms with E-state index in [9.17, 15) is 22.8 Å². The molecule has 2 rings (SSSR count). The summed E-state index contributed by atoms with van der Waals surface area (Å²) in [7, 11) is 0. The number of carbonyl (C=O) groups is 2. The molecule has 0 radical (unpaired) electrons. The molecule has 1 amide bonds. The fraction of sp³-hybridized carbons (Fsp3) is 0.500. The molecule has 2 aromatic rings. The normalized spacial score (nSPS) is 12.3. The predicted molar refractivity (Wildman–Crippen MR) is 96.8 cm³/mol. The number of hydrogen-bond acceptors (Lipinski definition) is 5. The number of aromatic nitrogens is 1. The van der Waals surface area contributed by atoms with Crippen molar-refractivity contribution in [2.75, 3.05) is 6.54 Å². The van der Waals surface area contributed by atoms with E-state index >= 15 is 0 Å². The summed E-state index contributed by atoms with van der Waals surface area (Å²) in [6.45, 7) is 7.25. The van der Waals surface area contributed by atoms with E-state index in [1.807, 2.05) is 0 Å². The summed E-state index contributed by atoms with van der Waals surface area (Å²) in [5, 5.41) is 3.20. The maximum atomic E-state index is 12.8. The first-order valence-electron chi connectivity index (χ1n) is 8.36. The lowest BCUT2D eigenvalue weighted by Crippen LogP contribution is -2.26. The SMILES string of the molecule is Cc1c(C(=O)NCCCC(=O)OC(C)(C)C)sc2nc(C(F)(F)F)ccc12. The van der Waals surface area contributed by atoms with E-state index in [1.54, 1.807) is 27.7 Å². The maximum Gasteiger partial charge on any atom is 0.433 e. The number of rotatable bonds is 5. The van der Waals surface area contributed by atoms with Gasteiger partial charge in [0.15, 0.2) is 0 Å². The summed E-state index contributed by atoms with van der Waals surface area (Å²) < 4.78 is 43.5. The van der Waals surface area contributed by atoms with Crippen molar-refractivity contribution in [2.45, 2.75) is 52.3 Å². The lowest BCUT2D eigenvalue weighted by atomic mass is 10.1. The number of pyridine rings is 1. The van der Waals surface area contributed by atoms with Crippen molar-refractivity contribution >= 4 is 33.4 Å². The van der Waals surface area contributed by atoms with Crippen LogP contribution in [0.15, 0.2) is 12.1 Å². The summed E-state index contributed by atoms with van der Waals surface area (Å²) in [5.41, 5.74) is -0.960. The molecule has 0 saturated carbocycles. The third-order valence-corrected chi connectivity index (χ3v) is 4.76. The second-order valence-electron chi connectivity index (χ2n) is 7.05. The van der Waals surface area contributed by atoms with Crippen molar-refractivity contribution in [1.29, 1.82) is 0 Å². The van der Waals surface area contributed by atoms with E-state index < -0.39 is 23.4 Å². The summed E-state index contributed by atoms with van der Waals surface area (Å²) >= 11 is 0.920. The minimum absolute atomic E-state index is 0.166. The van der Waals surface area contributed by atoms with Crippen LogP contribution in [0.5, 0.6) is 0 Å². The van der Waals surface area contributed by atoms with Crippen LogP contribution < -0.4 is 5.32 Å². The Kier molecular flexibility index (Phi) is 6.14. The van der Waals surface area contributed by atoms with Crippen LogP contribution in [0.2, 0.25) is 0 Å². The molecule has 0 unspecified atom stereocenters. The molecule has 2 heterocycles. The minimum atomic E-state index is -4.53. The molecular formula is C18H21F3N2O3S. The van der Waals surface area contributed by atoms with Gasteiger partial charge in [-0.15, -0.1) is 11.3 Å². The molecule has 0 aliphatic carbocycles. The highest BCUT2D eigenvalue weighted by Gasteiger charge is 2.33. The van der Waals surface area contributed by atoms with E-state index in [1.165, 1.54) is 6.07 Å². The van der Waals surface area contributed by atoms with E-state index in [4.69, 9.17) is 4.74 Å². The van der Waals surface area contributed by atoms with Gasteiger partial charge in [-0.2, -0.15) is 13.2 Å². The zero-order chi connectivity index (χ0) is 20.4. The van der Waals surface area contributed by atoms with Gasteiger partial charge >= 0.3 is 12.1 Å². The average Bonchev–Trinajstić information content (AvgIpc) is 2.85. The number of nitrogens with one attached hydrogen (secondary N) is 1. The molecular weight excluding hydrogens is 381 g/mol. The minimum Gasteiger partial charge on any atom is -0.460 e. The number of halogens is 3. The van der Waals surface area contributed by atoms with E-state index in [-0.39, 0.29) is 23.8 Å². The fourth-order valence-electron chi connectivity index (χ4n) is 2.38. The van der Waals surface area contributed by atoms with Gasteiger partial charge in [-0.05, 0) is 51.8 Å². The molecule has 148 valence electrons. The Morgan fingerprint density at radius 3 is 2.48 bits per heavy atom. The molecule has 2 aromatic heterocycles. The van der Waals surface area contributed by atoms with Gasteiger partial charge < -0.3 is 10.1 Å². The number of esters is 1. The fourth-order valence-corrected chi connectivity index (χ4v) is 3.48. The predicted octanol–water partition coefficient (Wildman–Crippen LogP) is 4.48. The maximum absolute atomic E-state index is 12.8. The number of ether oxygens (including phenoxy) is 1. The Hall–Kier alpha value is -2.16. The van der Waals surface area contributed by atoms with E-state index in [0.29, 0.717) is 22.2 Å². The van der Waals surface area contributed by atoms with Gasteiger partial charge in [-0.1, -0.05) is 0 Å². The third-order valence-electron chi connectivity index (χ3n) is 3.56. The topological polar surface area (TPSA) is 68.3 Å². The lowest BCUT2D eigenvalue weighted by Gasteiger charge is -2.19. The van der Waals surface area contributed by atoms with Crippen molar-refractivity contribution in [1.82, 2.24) is 10.3 Å². The zero-order valence-corrected chi connectivity index (χ0v) is 16.3. The van der Waals surface area contributed by atoms with Gasteiger partial charge in [0.25, 0.3) is 5.91 Å². The second kappa shape index (κ2) is 7.84. The Bertz CT molecular complexity index is 854. The van der Waals surface area contributed by atoms with Crippen molar-refractivity contribution in [3.8, 4) is 0 Å². The number of carbonyl (C=O) groups excluding carboxylic acids is 2. The second-order valence-corrected chi connectivity index (χ2v) is 8.05. The van der Waals surface area contributed by atoms with Gasteiger partial charge in [0.1, 0.15) is 16.1 Å². The van der Waals surface area contributed by atoms with Crippen LogP contribution >= 0.6 is 11.3 Å². The highest BCUT2D eigenvalue weighted by Crippen LogP contribution is 2.34. The monoisotopic (exact) mass is 402 g/mol. The molecule has 27 heavy (non-hydrogen) atoms. The van der Waals surface area contributed by atoms with Crippen molar-refractivity contribution in [3.63, 3.8) is 0 Å². The third kappa shape index (κ3) is 5.66.